The Morgan fingerprint density at radius 1 is 1.22 bits per heavy atom. The molecule has 1 saturated carbocycles. The zero-order valence-electron chi connectivity index (χ0n) is 10.1. The van der Waals surface area contributed by atoms with Crippen molar-refractivity contribution in [3.8, 4) is 0 Å². The van der Waals surface area contributed by atoms with Crippen molar-refractivity contribution in [2.75, 3.05) is 5.32 Å². The van der Waals surface area contributed by atoms with E-state index in [9.17, 15) is 0 Å². The second kappa shape index (κ2) is 4.58. The first-order valence-electron chi connectivity index (χ1n) is 6.03. The van der Waals surface area contributed by atoms with Gasteiger partial charge in [-0.05, 0) is 31.0 Å². The molecule has 2 aromatic rings. The van der Waals surface area contributed by atoms with Gasteiger partial charge in [0, 0.05) is 23.2 Å². The summed E-state index contributed by atoms with van der Waals surface area (Å²) in [5.74, 6) is 1.42. The third-order valence-corrected chi connectivity index (χ3v) is 3.43. The normalized spacial score (nSPS) is 21.7. The van der Waals surface area contributed by atoms with Gasteiger partial charge in [0.1, 0.15) is 5.82 Å². The van der Waals surface area contributed by atoms with Crippen LogP contribution in [-0.2, 0) is 0 Å². The summed E-state index contributed by atoms with van der Waals surface area (Å²) in [7, 11) is 0. The molecule has 4 heteroatoms. The highest BCUT2D eigenvalue weighted by molar-refractivity contribution is 6.30. The van der Waals surface area contributed by atoms with Crippen LogP contribution in [0.5, 0.6) is 0 Å². The zero-order valence-corrected chi connectivity index (χ0v) is 10.9. The molecule has 92 valence electrons. The van der Waals surface area contributed by atoms with Gasteiger partial charge in [-0.1, -0.05) is 23.7 Å². The summed E-state index contributed by atoms with van der Waals surface area (Å²) in [5, 5.41) is 4.20. The fourth-order valence-electron chi connectivity index (χ4n) is 2.16. The van der Waals surface area contributed by atoms with E-state index >= 15 is 0 Å². The average Bonchev–Trinajstić information content (AvgIpc) is 3.09. The minimum atomic E-state index is 0.460. The number of nitrogens with zero attached hydrogens (tertiary/aromatic N) is 2. The lowest BCUT2D eigenvalue weighted by Crippen LogP contribution is -2.06. The quantitative estimate of drug-likeness (QED) is 0.918. The Kier molecular flexibility index (Phi) is 2.92. The van der Waals surface area contributed by atoms with Crippen LogP contribution in [0.25, 0.3) is 0 Å². The first kappa shape index (κ1) is 11.5. The van der Waals surface area contributed by atoms with Crippen LogP contribution in [0.2, 0.25) is 5.02 Å². The van der Waals surface area contributed by atoms with E-state index in [1.807, 2.05) is 19.1 Å². The summed E-state index contributed by atoms with van der Waals surface area (Å²) in [6.07, 6.45) is 4.66. The molecule has 1 aliphatic carbocycles. The van der Waals surface area contributed by atoms with Crippen LogP contribution in [0.15, 0.2) is 36.7 Å². The lowest BCUT2D eigenvalue weighted by molar-refractivity contribution is 1.01. The Hall–Kier alpha value is -1.61. The molecule has 2 atom stereocenters. The van der Waals surface area contributed by atoms with E-state index in [0.29, 0.717) is 12.0 Å². The monoisotopic (exact) mass is 259 g/mol. The van der Waals surface area contributed by atoms with Crippen LogP contribution in [0.3, 0.4) is 0 Å². The summed E-state index contributed by atoms with van der Waals surface area (Å²) in [5.41, 5.74) is 2.27. The highest BCUT2D eigenvalue weighted by Gasteiger charge is 2.38. The maximum absolute atomic E-state index is 5.89. The molecular formula is C14H14ClN3. The number of hydrogen-bond donors (Lipinski definition) is 1. The highest BCUT2D eigenvalue weighted by Crippen LogP contribution is 2.42. The number of anilines is 1. The maximum atomic E-state index is 5.89. The van der Waals surface area contributed by atoms with Crippen molar-refractivity contribution in [2.45, 2.75) is 25.3 Å². The van der Waals surface area contributed by atoms with Gasteiger partial charge in [-0.15, -0.1) is 0 Å². The van der Waals surface area contributed by atoms with E-state index in [2.05, 4.69) is 27.4 Å². The van der Waals surface area contributed by atoms with Gasteiger partial charge in [0.25, 0.3) is 0 Å². The molecule has 0 radical (unpaired) electrons. The van der Waals surface area contributed by atoms with Crippen LogP contribution in [0.4, 0.5) is 5.82 Å². The molecule has 1 N–H and O–H groups in total. The summed E-state index contributed by atoms with van der Waals surface area (Å²) in [6, 6.07) is 8.53. The predicted molar refractivity (Wildman–Crippen MR) is 73.0 cm³/mol. The molecule has 0 saturated heterocycles. The fraction of sp³-hybridized carbons (Fsp3) is 0.286. The first-order chi connectivity index (χ1) is 8.72. The minimum Gasteiger partial charge on any atom is -0.365 e. The molecular weight excluding hydrogens is 246 g/mol. The molecule has 18 heavy (non-hydrogen) atoms. The van der Waals surface area contributed by atoms with Crippen LogP contribution < -0.4 is 5.32 Å². The Labute approximate surface area is 111 Å². The molecule has 1 heterocycles. The van der Waals surface area contributed by atoms with Gasteiger partial charge in [-0.2, -0.15) is 0 Å². The van der Waals surface area contributed by atoms with Crippen molar-refractivity contribution in [1.29, 1.82) is 0 Å². The predicted octanol–water partition coefficient (Wildman–Crippen LogP) is 3.41. The molecule has 0 aliphatic heterocycles. The van der Waals surface area contributed by atoms with E-state index in [4.69, 9.17) is 11.6 Å². The maximum Gasteiger partial charge on any atom is 0.145 e. The van der Waals surface area contributed by atoms with Gasteiger partial charge in [0.05, 0.1) is 11.9 Å². The van der Waals surface area contributed by atoms with Crippen molar-refractivity contribution in [3.63, 3.8) is 0 Å². The molecule has 1 aliphatic rings. The molecule has 0 bridgehead atoms. The van der Waals surface area contributed by atoms with Crippen molar-refractivity contribution in [1.82, 2.24) is 9.97 Å². The smallest absolute Gasteiger partial charge is 0.145 e. The molecule has 1 fully saturated rings. The summed E-state index contributed by atoms with van der Waals surface area (Å²) >= 11 is 5.89. The SMILES string of the molecule is Cc1cncc(NC2CC2c2ccc(Cl)cc2)n1. The van der Waals surface area contributed by atoms with E-state index in [0.717, 1.165) is 23.0 Å². The molecule has 3 rings (SSSR count). The highest BCUT2D eigenvalue weighted by atomic mass is 35.5. The molecule has 3 nitrogen and oxygen atoms in total. The Bertz CT molecular complexity index is 553. The molecule has 1 aromatic carbocycles. The third-order valence-electron chi connectivity index (χ3n) is 3.18. The van der Waals surface area contributed by atoms with E-state index < -0.39 is 0 Å². The lowest BCUT2D eigenvalue weighted by atomic mass is 10.1. The Balaban J connectivity index is 1.66. The molecule has 0 amide bonds. The van der Waals surface area contributed by atoms with Gasteiger partial charge in [-0.25, -0.2) is 4.98 Å². The lowest BCUT2D eigenvalue weighted by Gasteiger charge is -2.05. The zero-order chi connectivity index (χ0) is 12.5. The number of aromatic nitrogens is 2. The van der Waals surface area contributed by atoms with E-state index in [1.54, 1.807) is 12.4 Å². The first-order valence-corrected chi connectivity index (χ1v) is 6.41. The second-order valence-corrected chi connectivity index (χ2v) is 5.13. The summed E-state index contributed by atoms with van der Waals surface area (Å²) in [4.78, 5) is 8.53. The minimum absolute atomic E-state index is 0.460. The van der Waals surface area contributed by atoms with E-state index in [-0.39, 0.29) is 0 Å². The van der Waals surface area contributed by atoms with Crippen LogP contribution in [0, 0.1) is 6.92 Å². The number of hydrogen-bond acceptors (Lipinski definition) is 3. The van der Waals surface area contributed by atoms with Crippen molar-refractivity contribution in [2.24, 2.45) is 0 Å². The molecule has 1 aromatic heterocycles. The van der Waals surface area contributed by atoms with Crippen LogP contribution in [-0.4, -0.2) is 16.0 Å². The van der Waals surface area contributed by atoms with Gasteiger partial charge in [-0.3, -0.25) is 4.98 Å². The van der Waals surface area contributed by atoms with Gasteiger partial charge >= 0.3 is 0 Å². The number of rotatable bonds is 3. The standard InChI is InChI=1S/C14H14ClN3/c1-9-7-16-8-14(17-9)18-13-6-12(13)10-2-4-11(15)5-3-10/h2-5,7-8,12-13H,6H2,1H3,(H,17,18). The molecule has 0 spiro atoms. The second-order valence-electron chi connectivity index (χ2n) is 4.69. The Morgan fingerprint density at radius 2 is 2.00 bits per heavy atom. The van der Waals surface area contributed by atoms with Crippen molar-refractivity contribution >= 4 is 17.4 Å². The van der Waals surface area contributed by atoms with Gasteiger partial charge < -0.3 is 5.32 Å². The van der Waals surface area contributed by atoms with Crippen molar-refractivity contribution in [3.05, 3.63) is 52.9 Å². The van der Waals surface area contributed by atoms with Gasteiger partial charge in [0.2, 0.25) is 0 Å². The largest absolute Gasteiger partial charge is 0.365 e. The fourth-order valence-corrected chi connectivity index (χ4v) is 2.28. The third kappa shape index (κ3) is 2.46. The number of aryl methyl sites for hydroxylation is 1. The summed E-state index contributed by atoms with van der Waals surface area (Å²) < 4.78 is 0. The topological polar surface area (TPSA) is 37.8 Å². The van der Waals surface area contributed by atoms with Gasteiger partial charge in [0.15, 0.2) is 0 Å². The number of nitrogens with one attached hydrogen (secondary N) is 1. The number of halogens is 1. The van der Waals surface area contributed by atoms with Crippen LogP contribution >= 0.6 is 11.6 Å². The van der Waals surface area contributed by atoms with E-state index in [1.165, 1.54) is 5.56 Å². The average molecular weight is 260 g/mol. The van der Waals surface area contributed by atoms with Crippen LogP contribution in [0.1, 0.15) is 23.6 Å². The van der Waals surface area contributed by atoms with Crippen molar-refractivity contribution < 1.29 is 0 Å². The number of benzene rings is 1. The Morgan fingerprint density at radius 3 is 2.72 bits per heavy atom. The summed E-state index contributed by atoms with van der Waals surface area (Å²) in [6.45, 7) is 1.95. The molecule has 2 unspecified atom stereocenters.